The first-order chi connectivity index (χ1) is 16.3. The molecule has 0 saturated carbocycles. The standard InChI is InChI=1S/C25H24FN3O5/c1-3-29(4-2)18-8-6-15-10-19(25(33)34-22(15)13-18)23(30)28-21(24(31)32)12-17-9-14-5-7-16(26)11-20(14)27-17/h5-11,13,21,27H,3-4,12H2,1-2H3,(H,28,30)(H,31,32)/t21-/m1/s1. The van der Waals surface area contributed by atoms with Gasteiger partial charge >= 0.3 is 11.6 Å². The number of carbonyl (C=O) groups excluding carboxylic acids is 1. The summed E-state index contributed by atoms with van der Waals surface area (Å²) in [5, 5.41) is 13.3. The first-order valence-electron chi connectivity index (χ1n) is 10.9. The lowest BCUT2D eigenvalue weighted by Gasteiger charge is -2.21. The third kappa shape index (κ3) is 4.63. The van der Waals surface area contributed by atoms with Gasteiger partial charge in [-0.25, -0.2) is 14.0 Å². The molecule has 0 bridgehead atoms. The maximum atomic E-state index is 13.4. The van der Waals surface area contributed by atoms with Crippen LogP contribution in [-0.2, 0) is 11.2 Å². The minimum Gasteiger partial charge on any atom is -0.480 e. The van der Waals surface area contributed by atoms with E-state index in [2.05, 4.69) is 15.2 Å². The van der Waals surface area contributed by atoms with Gasteiger partial charge < -0.3 is 24.7 Å². The Morgan fingerprint density at radius 1 is 1.09 bits per heavy atom. The molecule has 0 saturated heterocycles. The predicted octanol–water partition coefficient (Wildman–Crippen LogP) is 3.69. The molecule has 3 N–H and O–H groups in total. The first kappa shape index (κ1) is 23.0. The van der Waals surface area contributed by atoms with E-state index in [0.717, 1.165) is 18.8 Å². The van der Waals surface area contributed by atoms with E-state index in [4.69, 9.17) is 4.42 Å². The van der Waals surface area contributed by atoms with Crippen molar-refractivity contribution in [2.75, 3.05) is 18.0 Å². The number of H-pyrrole nitrogens is 1. The third-order valence-electron chi connectivity index (χ3n) is 5.76. The summed E-state index contributed by atoms with van der Waals surface area (Å²) in [6.45, 7) is 5.61. The molecular weight excluding hydrogens is 441 g/mol. The molecule has 1 atom stereocenters. The van der Waals surface area contributed by atoms with Gasteiger partial charge in [0.15, 0.2) is 0 Å². The fourth-order valence-corrected chi connectivity index (χ4v) is 3.97. The Morgan fingerprint density at radius 3 is 2.53 bits per heavy atom. The topological polar surface area (TPSA) is 116 Å². The van der Waals surface area contributed by atoms with Gasteiger partial charge in [0.1, 0.15) is 23.0 Å². The number of carboxylic acids is 1. The Bertz CT molecular complexity index is 1440. The van der Waals surface area contributed by atoms with Gasteiger partial charge in [0.2, 0.25) is 0 Å². The van der Waals surface area contributed by atoms with Crippen LogP contribution in [0.1, 0.15) is 29.9 Å². The van der Waals surface area contributed by atoms with Crippen LogP contribution in [0.15, 0.2) is 57.7 Å². The molecule has 0 fully saturated rings. The molecule has 1 amide bonds. The van der Waals surface area contributed by atoms with Gasteiger partial charge in [-0.1, -0.05) is 0 Å². The number of aromatic amines is 1. The fourth-order valence-electron chi connectivity index (χ4n) is 3.97. The second kappa shape index (κ2) is 9.38. The first-order valence-corrected chi connectivity index (χ1v) is 10.9. The normalized spacial score (nSPS) is 12.1. The third-order valence-corrected chi connectivity index (χ3v) is 5.76. The highest BCUT2D eigenvalue weighted by atomic mass is 19.1. The molecule has 34 heavy (non-hydrogen) atoms. The van der Waals surface area contributed by atoms with E-state index in [1.807, 2.05) is 19.9 Å². The summed E-state index contributed by atoms with van der Waals surface area (Å²) in [4.78, 5) is 42.2. The van der Waals surface area contributed by atoms with Gasteiger partial charge in [-0.3, -0.25) is 4.79 Å². The van der Waals surface area contributed by atoms with E-state index in [0.29, 0.717) is 27.6 Å². The van der Waals surface area contributed by atoms with Crippen molar-refractivity contribution < 1.29 is 23.5 Å². The van der Waals surface area contributed by atoms with Gasteiger partial charge in [-0.2, -0.15) is 0 Å². The second-order valence-electron chi connectivity index (χ2n) is 7.94. The van der Waals surface area contributed by atoms with Crippen molar-refractivity contribution in [2.24, 2.45) is 0 Å². The van der Waals surface area contributed by atoms with Crippen LogP contribution in [0.3, 0.4) is 0 Å². The molecule has 0 aliphatic rings. The van der Waals surface area contributed by atoms with Gasteiger partial charge in [0.05, 0.1) is 0 Å². The number of hydrogen-bond donors (Lipinski definition) is 3. The average Bonchev–Trinajstić information content (AvgIpc) is 3.20. The Balaban J connectivity index is 1.57. The number of carboxylic acid groups (broad SMARTS) is 1. The monoisotopic (exact) mass is 465 g/mol. The molecule has 9 heteroatoms. The Hall–Kier alpha value is -4.14. The summed E-state index contributed by atoms with van der Waals surface area (Å²) in [5.74, 6) is -2.54. The molecule has 2 heterocycles. The number of benzene rings is 2. The molecule has 2 aromatic heterocycles. The number of nitrogens with zero attached hydrogens (tertiary/aromatic N) is 1. The molecule has 2 aromatic carbocycles. The maximum Gasteiger partial charge on any atom is 0.349 e. The highest BCUT2D eigenvalue weighted by Gasteiger charge is 2.24. The number of hydrogen-bond acceptors (Lipinski definition) is 5. The van der Waals surface area contributed by atoms with Crippen LogP contribution in [-0.4, -0.2) is 41.1 Å². The van der Waals surface area contributed by atoms with Crippen LogP contribution in [0.25, 0.3) is 21.9 Å². The lowest BCUT2D eigenvalue weighted by atomic mass is 10.1. The SMILES string of the molecule is CCN(CC)c1ccc2cc(C(=O)N[C@H](Cc3cc4ccc(F)cc4[nH]3)C(=O)O)c(=O)oc2c1. The van der Waals surface area contributed by atoms with Crippen LogP contribution >= 0.6 is 0 Å². The number of rotatable bonds is 8. The predicted molar refractivity (Wildman–Crippen MR) is 127 cm³/mol. The minimum absolute atomic E-state index is 0.0798. The van der Waals surface area contributed by atoms with Crippen LogP contribution in [0.5, 0.6) is 0 Å². The zero-order valence-electron chi connectivity index (χ0n) is 18.7. The molecule has 0 spiro atoms. The van der Waals surface area contributed by atoms with Crippen LogP contribution < -0.4 is 15.8 Å². The summed E-state index contributed by atoms with van der Waals surface area (Å²) in [7, 11) is 0. The molecule has 0 unspecified atom stereocenters. The van der Waals surface area contributed by atoms with Crippen molar-refractivity contribution in [1.82, 2.24) is 10.3 Å². The van der Waals surface area contributed by atoms with Crippen molar-refractivity contribution in [3.05, 3.63) is 76.0 Å². The molecule has 0 aliphatic carbocycles. The smallest absolute Gasteiger partial charge is 0.349 e. The largest absolute Gasteiger partial charge is 0.480 e. The second-order valence-corrected chi connectivity index (χ2v) is 7.94. The molecule has 0 aliphatic heterocycles. The summed E-state index contributed by atoms with van der Waals surface area (Å²) >= 11 is 0. The summed E-state index contributed by atoms with van der Waals surface area (Å²) < 4.78 is 18.8. The van der Waals surface area contributed by atoms with Gasteiger partial charge in [-0.15, -0.1) is 0 Å². The minimum atomic E-state index is -1.31. The number of aliphatic carboxylic acids is 1. The summed E-state index contributed by atoms with van der Waals surface area (Å²) in [6.07, 6.45) is -0.0798. The van der Waals surface area contributed by atoms with E-state index < -0.39 is 29.4 Å². The van der Waals surface area contributed by atoms with Crippen molar-refractivity contribution in [3.63, 3.8) is 0 Å². The lowest BCUT2D eigenvalue weighted by Crippen LogP contribution is -2.43. The van der Waals surface area contributed by atoms with Crippen molar-refractivity contribution in [1.29, 1.82) is 0 Å². The van der Waals surface area contributed by atoms with Gasteiger partial charge in [0.25, 0.3) is 5.91 Å². The van der Waals surface area contributed by atoms with Gasteiger partial charge in [-0.05, 0) is 61.7 Å². The number of aromatic nitrogens is 1. The Kier molecular flexibility index (Phi) is 6.36. The van der Waals surface area contributed by atoms with E-state index in [1.54, 1.807) is 24.3 Å². The number of fused-ring (bicyclic) bond motifs is 2. The number of amides is 1. The number of halogens is 1. The van der Waals surface area contributed by atoms with E-state index >= 15 is 0 Å². The zero-order valence-corrected chi connectivity index (χ0v) is 18.7. The number of anilines is 1. The molecular formula is C25H24FN3O5. The van der Waals surface area contributed by atoms with Crippen LogP contribution in [0, 0.1) is 5.82 Å². The zero-order chi connectivity index (χ0) is 24.4. The highest BCUT2D eigenvalue weighted by molar-refractivity contribution is 5.98. The fraction of sp³-hybridized carbons (Fsp3) is 0.240. The molecule has 176 valence electrons. The van der Waals surface area contributed by atoms with Crippen LogP contribution in [0.2, 0.25) is 0 Å². The Labute approximate surface area is 194 Å². The average molecular weight is 465 g/mol. The summed E-state index contributed by atoms with van der Waals surface area (Å²) in [5.41, 5.74) is 1.11. The van der Waals surface area contributed by atoms with Crippen molar-refractivity contribution in [2.45, 2.75) is 26.3 Å². The number of nitrogens with one attached hydrogen (secondary N) is 2. The quantitative estimate of drug-likeness (QED) is 0.342. The van der Waals surface area contributed by atoms with E-state index in [-0.39, 0.29) is 12.0 Å². The van der Waals surface area contributed by atoms with Crippen molar-refractivity contribution in [3.8, 4) is 0 Å². The lowest BCUT2D eigenvalue weighted by molar-refractivity contribution is -0.139. The Morgan fingerprint density at radius 2 is 1.82 bits per heavy atom. The van der Waals surface area contributed by atoms with Gasteiger partial charge in [0, 0.05) is 47.9 Å². The molecule has 0 radical (unpaired) electrons. The molecule has 4 rings (SSSR count). The molecule has 4 aromatic rings. The van der Waals surface area contributed by atoms with Crippen LogP contribution in [0.4, 0.5) is 10.1 Å². The van der Waals surface area contributed by atoms with E-state index in [1.165, 1.54) is 18.2 Å². The highest BCUT2D eigenvalue weighted by Crippen LogP contribution is 2.22. The summed E-state index contributed by atoms with van der Waals surface area (Å²) in [6, 6.07) is 11.3. The number of carbonyl (C=O) groups is 2. The molecule has 8 nitrogen and oxygen atoms in total. The van der Waals surface area contributed by atoms with Crippen molar-refractivity contribution >= 4 is 39.4 Å². The van der Waals surface area contributed by atoms with E-state index in [9.17, 15) is 23.9 Å². The maximum absolute atomic E-state index is 13.4.